The number of hydrogen-bond donors (Lipinski definition) is 0. The maximum absolute atomic E-state index is 4.97. The Labute approximate surface area is 51.4 Å². The summed E-state index contributed by atoms with van der Waals surface area (Å²) in [6.45, 7) is 6.06. The molecule has 0 bridgehead atoms. The number of hydrogen-bond acceptors (Lipinski definition) is 1. The molecule has 0 spiro atoms. The third kappa shape index (κ3) is 2.67. The van der Waals surface area contributed by atoms with E-state index < -0.39 is 0 Å². The highest BCUT2D eigenvalue weighted by atomic mass is 16.5. The predicted octanol–water partition coefficient (Wildman–Crippen LogP) is 2.34. The first kappa shape index (κ1) is 7.54. The van der Waals surface area contributed by atoms with Gasteiger partial charge in [-0.05, 0) is 13.0 Å². The van der Waals surface area contributed by atoms with Gasteiger partial charge in [-0.3, -0.25) is 0 Å². The van der Waals surface area contributed by atoms with Crippen molar-refractivity contribution in [2.45, 2.75) is 33.3 Å². The van der Waals surface area contributed by atoms with E-state index in [4.69, 9.17) is 4.74 Å². The molecule has 0 saturated carbocycles. The lowest BCUT2D eigenvalue weighted by molar-refractivity contribution is 0.189. The zero-order chi connectivity index (χ0) is 6.41. The summed E-state index contributed by atoms with van der Waals surface area (Å²) in [6.07, 6.45) is 5.31. The highest BCUT2D eigenvalue weighted by Gasteiger charge is 2.00. The van der Waals surface area contributed by atoms with Gasteiger partial charge in [0.2, 0.25) is 0 Å². The van der Waals surface area contributed by atoms with Crippen molar-refractivity contribution in [1.29, 1.82) is 0 Å². The van der Waals surface area contributed by atoms with Crippen molar-refractivity contribution < 1.29 is 4.74 Å². The minimum absolute atomic E-state index is 0.435. The molecule has 0 amide bonds. The van der Waals surface area contributed by atoms with Crippen molar-refractivity contribution in [3.63, 3.8) is 0 Å². The molecule has 0 fully saturated rings. The smallest absolute Gasteiger partial charge is 0.0985 e. The molecule has 0 aliphatic carbocycles. The summed E-state index contributed by atoms with van der Waals surface area (Å²) in [6, 6.07) is 0. The summed E-state index contributed by atoms with van der Waals surface area (Å²) in [5.74, 6) is 0. The second-order valence-corrected chi connectivity index (χ2v) is 1.55. The first-order chi connectivity index (χ1) is 3.89. The van der Waals surface area contributed by atoms with Crippen LogP contribution in [0.15, 0.2) is 12.3 Å². The zero-order valence-corrected chi connectivity index (χ0v) is 5.85. The summed E-state index contributed by atoms with van der Waals surface area (Å²) in [5, 5.41) is 0. The zero-order valence-electron chi connectivity index (χ0n) is 5.85. The topological polar surface area (TPSA) is 9.23 Å². The van der Waals surface area contributed by atoms with E-state index in [0.29, 0.717) is 6.10 Å². The van der Waals surface area contributed by atoms with Gasteiger partial charge in [-0.1, -0.05) is 13.8 Å². The van der Waals surface area contributed by atoms with Crippen molar-refractivity contribution in [3.05, 3.63) is 12.3 Å². The van der Waals surface area contributed by atoms with Gasteiger partial charge in [0.05, 0.1) is 12.4 Å². The molecule has 1 aliphatic heterocycles. The van der Waals surface area contributed by atoms with Crippen LogP contribution >= 0.6 is 0 Å². The Hall–Kier alpha value is -0.460. The van der Waals surface area contributed by atoms with Crippen LogP contribution in [0.1, 0.15) is 27.2 Å². The molecule has 0 aromatic carbocycles. The van der Waals surface area contributed by atoms with Gasteiger partial charge in [-0.25, -0.2) is 0 Å². The Bertz CT molecular complexity index is 58.8. The largest absolute Gasteiger partial charge is 0.498 e. The Kier molecular flexibility index (Phi) is 4.42. The lowest BCUT2D eigenvalue weighted by Crippen LogP contribution is -1.93. The van der Waals surface area contributed by atoms with Gasteiger partial charge in [0.25, 0.3) is 0 Å². The minimum atomic E-state index is 0.435. The molecule has 0 aromatic rings. The van der Waals surface area contributed by atoms with Gasteiger partial charge < -0.3 is 4.74 Å². The van der Waals surface area contributed by atoms with Crippen molar-refractivity contribution in [1.82, 2.24) is 0 Å². The average Bonchev–Trinajstić information content (AvgIpc) is 2.24. The van der Waals surface area contributed by atoms with E-state index in [9.17, 15) is 0 Å². The van der Waals surface area contributed by atoms with Crippen LogP contribution in [-0.2, 0) is 4.74 Å². The lowest BCUT2D eigenvalue weighted by atomic mass is 10.3. The van der Waals surface area contributed by atoms with Gasteiger partial charge in [0, 0.05) is 6.42 Å². The number of ether oxygens (including phenoxy) is 1. The Morgan fingerprint density at radius 2 is 2.12 bits per heavy atom. The predicted molar refractivity (Wildman–Crippen MR) is 35.7 cm³/mol. The highest BCUT2D eigenvalue weighted by molar-refractivity contribution is 4.83. The fourth-order valence-corrected chi connectivity index (χ4v) is 0.492. The van der Waals surface area contributed by atoms with E-state index in [1.165, 1.54) is 0 Å². The van der Waals surface area contributed by atoms with Crippen LogP contribution in [0, 0.1) is 0 Å². The van der Waals surface area contributed by atoms with E-state index in [2.05, 4.69) is 6.92 Å². The van der Waals surface area contributed by atoms with E-state index in [1.54, 1.807) is 6.26 Å². The third-order valence-corrected chi connectivity index (χ3v) is 0.875. The minimum Gasteiger partial charge on any atom is -0.498 e. The van der Waals surface area contributed by atoms with Gasteiger partial charge in [0.15, 0.2) is 0 Å². The molecule has 0 aromatic heterocycles. The quantitative estimate of drug-likeness (QED) is 0.469. The maximum atomic E-state index is 4.97. The Balaban J connectivity index is 0.000000222. The van der Waals surface area contributed by atoms with Crippen molar-refractivity contribution in [3.8, 4) is 0 Å². The van der Waals surface area contributed by atoms with Crippen LogP contribution in [0.3, 0.4) is 0 Å². The molecular weight excluding hydrogens is 100 g/mol. The van der Waals surface area contributed by atoms with E-state index in [1.807, 2.05) is 19.9 Å². The SMILES string of the molecule is CC.CC1CC=CO1. The van der Waals surface area contributed by atoms with Crippen molar-refractivity contribution in [2.75, 3.05) is 0 Å². The molecule has 1 rings (SSSR count). The highest BCUT2D eigenvalue weighted by Crippen LogP contribution is 2.05. The summed E-state index contributed by atoms with van der Waals surface area (Å²) >= 11 is 0. The summed E-state index contributed by atoms with van der Waals surface area (Å²) in [4.78, 5) is 0. The van der Waals surface area contributed by atoms with Gasteiger partial charge in [0.1, 0.15) is 0 Å². The Morgan fingerprint density at radius 1 is 1.50 bits per heavy atom. The van der Waals surface area contributed by atoms with Crippen molar-refractivity contribution >= 4 is 0 Å². The molecule has 0 N–H and O–H groups in total. The van der Waals surface area contributed by atoms with Crippen LogP contribution in [0.5, 0.6) is 0 Å². The third-order valence-electron chi connectivity index (χ3n) is 0.875. The molecule has 1 unspecified atom stereocenters. The molecule has 0 radical (unpaired) electrons. The van der Waals surface area contributed by atoms with E-state index in [-0.39, 0.29) is 0 Å². The molecule has 1 atom stereocenters. The van der Waals surface area contributed by atoms with Gasteiger partial charge in [-0.15, -0.1) is 0 Å². The van der Waals surface area contributed by atoms with Crippen LogP contribution in [0.25, 0.3) is 0 Å². The monoisotopic (exact) mass is 114 g/mol. The maximum Gasteiger partial charge on any atom is 0.0985 e. The standard InChI is InChI=1S/C5H8O.C2H6/c1-5-3-2-4-6-5;1-2/h2,4-5H,3H2,1H3;1-2H3. The molecule has 48 valence electrons. The molecule has 1 nitrogen and oxygen atoms in total. The summed E-state index contributed by atoms with van der Waals surface area (Å²) in [5.41, 5.74) is 0. The number of rotatable bonds is 0. The summed E-state index contributed by atoms with van der Waals surface area (Å²) in [7, 11) is 0. The van der Waals surface area contributed by atoms with Gasteiger partial charge in [-0.2, -0.15) is 0 Å². The van der Waals surface area contributed by atoms with Crippen LogP contribution in [0.4, 0.5) is 0 Å². The molecule has 1 aliphatic rings. The lowest BCUT2D eigenvalue weighted by Gasteiger charge is -1.97. The molecule has 8 heavy (non-hydrogen) atoms. The van der Waals surface area contributed by atoms with Gasteiger partial charge >= 0.3 is 0 Å². The first-order valence-corrected chi connectivity index (χ1v) is 3.20. The molecular formula is C7H14O. The van der Waals surface area contributed by atoms with Crippen molar-refractivity contribution in [2.24, 2.45) is 0 Å². The van der Waals surface area contributed by atoms with Crippen LogP contribution in [0.2, 0.25) is 0 Å². The first-order valence-electron chi connectivity index (χ1n) is 3.20. The second-order valence-electron chi connectivity index (χ2n) is 1.55. The van der Waals surface area contributed by atoms with Crippen LogP contribution in [-0.4, -0.2) is 6.10 Å². The average molecular weight is 114 g/mol. The fourth-order valence-electron chi connectivity index (χ4n) is 0.492. The molecule has 1 heteroatoms. The molecule has 0 saturated heterocycles. The Morgan fingerprint density at radius 3 is 2.25 bits per heavy atom. The van der Waals surface area contributed by atoms with E-state index in [0.717, 1.165) is 6.42 Å². The summed E-state index contributed by atoms with van der Waals surface area (Å²) < 4.78 is 4.97. The van der Waals surface area contributed by atoms with Crippen LogP contribution < -0.4 is 0 Å². The fraction of sp³-hybridized carbons (Fsp3) is 0.714. The van der Waals surface area contributed by atoms with E-state index >= 15 is 0 Å². The normalized spacial score (nSPS) is 23.6. The second kappa shape index (κ2) is 4.69. The molecule has 1 heterocycles.